The molecule has 1 aliphatic heterocycles. The number of nitrogens with one attached hydrogen (secondary N) is 1. The number of para-hydroxylation sites is 2. The van der Waals surface area contributed by atoms with Crippen molar-refractivity contribution in [3.63, 3.8) is 0 Å². The van der Waals surface area contributed by atoms with E-state index < -0.39 is 0 Å². The summed E-state index contributed by atoms with van der Waals surface area (Å²) in [5.41, 5.74) is 2.75. The molecule has 0 saturated heterocycles. The molecule has 1 aromatic carbocycles. The summed E-state index contributed by atoms with van der Waals surface area (Å²) in [5, 5.41) is 11.6. The number of fused-ring (bicyclic) bond motifs is 2. The molecule has 0 unspecified atom stereocenters. The van der Waals surface area contributed by atoms with Crippen LogP contribution >= 0.6 is 23.1 Å². The van der Waals surface area contributed by atoms with E-state index >= 15 is 0 Å². The molecule has 0 spiro atoms. The first-order chi connectivity index (χ1) is 15.5. The number of rotatable bonds is 4. The van der Waals surface area contributed by atoms with Crippen molar-refractivity contribution in [2.24, 2.45) is 5.92 Å². The van der Waals surface area contributed by atoms with Crippen LogP contribution in [0.25, 0.3) is 10.8 Å². The molecule has 1 N–H and O–H groups in total. The Labute approximate surface area is 194 Å². The Hall–Kier alpha value is -2.65. The van der Waals surface area contributed by atoms with Crippen LogP contribution in [0.2, 0.25) is 0 Å². The molecule has 0 fully saturated rings. The molecule has 3 aromatic rings. The van der Waals surface area contributed by atoms with E-state index in [2.05, 4.69) is 28.5 Å². The van der Waals surface area contributed by atoms with Crippen LogP contribution in [0.3, 0.4) is 0 Å². The van der Waals surface area contributed by atoms with Gasteiger partial charge in [-0.05, 0) is 55.9 Å². The van der Waals surface area contributed by atoms with Gasteiger partial charge < -0.3 is 14.6 Å². The van der Waals surface area contributed by atoms with Crippen LogP contribution in [-0.4, -0.2) is 33.8 Å². The van der Waals surface area contributed by atoms with Gasteiger partial charge in [-0.2, -0.15) is 0 Å². The van der Waals surface area contributed by atoms with Gasteiger partial charge in [-0.1, -0.05) is 30.8 Å². The largest absolute Gasteiger partial charge is 0.410 e. The van der Waals surface area contributed by atoms with Gasteiger partial charge in [0.2, 0.25) is 11.8 Å². The zero-order valence-electron chi connectivity index (χ0n) is 18.0. The Morgan fingerprint density at radius 2 is 2.12 bits per heavy atom. The number of benzene rings is 1. The fourth-order valence-corrected chi connectivity index (χ4v) is 6.09. The average Bonchev–Trinajstić information content (AvgIpc) is 3.37. The fraction of sp³-hybridized carbons (Fsp3) is 0.391. The first-order valence-electron chi connectivity index (χ1n) is 10.8. The SMILES string of the molecule is C[C@@H]1CCc2sc(-c3nnc(SCC(=O)N4c5ccccc5NC(=O)C[C@@H]4C)o3)cc2C1. The van der Waals surface area contributed by atoms with Crippen LogP contribution in [0, 0.1) is 5.92 Å². The van der Waals surface area contributed by atoms with Crippen LogP contribution in [0.1, 0.15) is 37.1 Å². The van der Waals surface area contributed by atoms with E-state index in [9.17, 15) is 9.59 Å². The summed E-state index contributed by atoms with van der Waals surface area (Å²) in [4.78, 5) is 29.4. The third kappa shape index (κ3) is 4.19. The molecule has 2 atom stereocenters. The normalized spacial score (nSPS) is 20.3. The second kappa shape index (κ2) is 8.71. The van der Waals surface area contributed by atoms with E-state index in [0.717, 1.165) is 17.7 Å². The predicted octanol–water partition coefficient (Wildman–Crippen LogP) is 4.78. The van der Waals surface area contributed by atoms with Crippen LogP contribution in [0.4, 0.5) is 11.4 Å². The summed E-state index contributed by atoms with van der Waals surface area (Å²) in [6.45, 7) is 4.17. The fourth-order valence-electron chi connectivity index (χ4n) is 4.34. The molecule has 2 aliphatic rings. The van der Waals surface area contributed by atoms with Gasteiger partial charge >= 0.3 is 0 Å². The van der Waals surface area contributed by atoms with Crippen molar-refractivity contribution < 1.29 is 14.0 Å². The number of thiophene rings is 1. The van der Waals surface area contributed by atoms with Gasteiger partial charge in [0.1, 0.15) is 0 Å². The van der Waals surface area contributed by atoms with E-state index in [1.54, 1.807) is 16.2 Å². The standard InChI is InChI=1S/C23H24N4O3S2/c1-13-7-8-18-15(9-13)11-19(32-18)22-25-26-23(30-22)31-12-21(29)27-14(2)10-20(28)24-16-5-3-4-6-17(16)27/h3-6,11,13-14H,7-10,12H2,1-2H3,(H,24,28)/t13-,14+/m1/s1. The molecular formula is C23H24N4O3S2. The van der Waals surface area contributed by atoms with Gasteiger partial charge in [-0.15, -0.1) is 21.5 Å². The molecule has 0 bridgehead atoms. The van der Waals surface area contributed by atoms with Gasteiger partial charge in [-0.25, -0.2) is 0 Å². The Kier molecular flexibility index (Phi) is 5.77. The Morgan fingerprint density at radius 1 is 1.28 bits per heavy atom. The minimum atomic E-state index is -0.246. The molecule has 2 aromatic heterocycles. The molecule has 32 heavy (non-hydrogen) atoms. The molecule has 0 saturated carbocycles. The number of amides is 2. The molecule has 2 amide bonds. The van der Waals surface area contributed by atoms with Crippen LogP contribution < -0.4 is 10.2 Å². The highest BCUT2D eigenvalue weighted by Gasteiger charge is 2.30. The Balaban J connectivity index is 1.29. The van der Waals surface area contributed by atoms with E-state index in [0.29, 0.717) is 28.4 Å². The summed E-state index contributed by atoms with van der Waals surface area (Å²) in [5.74, 6) is 1.17. The quantitative estimate of drug-likeness (QED) is 0.555. The molecule has 9 heteroatoms. The molecule has 0 radical (unpaired) electrons. The maximum Gasteiger partial charge on any atom is 0.277 e. The molecule has 5 rings (SSSR count). The summed E-state index contributed by atoms with van der Waals surface area (Å²) in [6, 6.07) is 9.29. The third-order valence-corrected chi connectivity index (χ3v) is 7.92. The number of hydrogen-bond donors (Lipinski definition) is 1. The van der Waals surface area contributed by atoms with Gasteiger partial charge in [0, 0.05) is 17.3 Å². The summed E-state index contributed by atoms with van der Waals surface area (Å²) >= 11 is 2.95. The lowest BCUT2D eigenvalue weighted by Gasteiger charge is -2.27. The monoisotopic (exact) mass is 468 g/mol. The number of hydrogen-bond acceptors (Lipinski definition) is 7. The lowest BCUT2D eigenvalue weighted by molar-refractivity contribution is -0.117. The zero-order chi connectivity index (χ0) is 22.2. The minimum Gasteiger partial charge on any atom is -0.410 e. The van der Waals surface area contributed by atoms with Crippen molar-refractivity contribution in [3.8, 4) is 10.8 Å². The van der Waals surface area contributed by atoms with E-state index in [4.69, 9.17) is 4.42 Å². The van der Waals surface area contributed by atoms with Gasteiger partial charge in [0.25, 0.3) is 11.1 Å². The number of carbonyl (C=O) groups excluding carboxylic acids is 2. The van der Waals surface area contributed by atoms with Gasteiger partial charge in [-0.3, -0.25) is 9.59 Å². The number of nitrogens with zero attached hydrogens (tertiary/aromatic N) is 3. The van der Waals surface area contributed by atoms with Crippen molar-refractivity contribution in [2.45, 2.75) is 50.8 Å². The first kappa shape index (κ1) is 21.2. The zero-order valence-corrected chi connectivity index (χ0v) is 19.6. The summed E-state index contributed by atoms with van der Waals surface area (Å²) in [6.07, 6.45) is 3.68. The van der Waals surface area contributed by atoms with Crippen molar-refractivity contribution in [2.75, 3.05) is 16.0 Å². The van der Waals surface area contributed by atoms with E-state index in [1.807, 2.05) is 31.2 Å². The smallest absolute Gasteiger partial charge is 0.277 e. The molecule has 166 valence electrons. The first-order valence-corrected chi connectivity index (χ1v) is 12.6. The van der Waals surface area contributed by atoms with E-state index in [1.165, 1.54) is 28.6 Å². The van der Waals surface area contributed by atoms with Crippen molar-refractivity contribution in [3.05, 3.63) is 40.8 Å². The van der Waals surface area contributed by atoms with Gasteiger partial charge in [0.05, 0.1) is 22.0 Å². The Bertz CT molecular complexity index is 1170. The van der Waals surface area contributed by atoms with Crippen molar-refractivity contribution >= 4 is 46.3 Å². The molecule has 3 heterocycles. The maximum absolute atomic E-state index is 13.1. The van der Waals surface area contributed by atoms with Crippen LogP contribution in [0.15, 0.2) is 40.0 Å². The van der Waals surface area contributed by atoms with Crippen molar-refractivity contribution in [1.29, 1.82) is 0 Å². The van der Waals surface area contributed by atoms with E-state index in [-0.39, 0.29) is 30.0 Å². The molecule has 7 nitrogen and oxygen atoms in total. The highest BCUT2D eigenvalue weighted by Crippen LogP contribution is 2.37. The predicted molar refractivity (Wildman–Crippen MR) is 126 cm³/mol. The highest BCUT2D eigenvalue weighted by atomic mass is 32.2. The average molecular weight is 469 g/mol. The number of anilines is 2. The molecular weight excluding hydrogens is 444 g/mol. The van der Waals surface area contributed by atoms with Gasteiger partial charge in [0.15, 0.2) is 0 Å². The highest BCUT2D eigenvalue weighted by molar-refractivity contribution is 7.99. The lowest BCUT2D eigenvalue weighted by Crippen LogP contribution is -2.40. The number of carbonyl (C=O) groups is 2. The molecule has 1 aliphatic carbocycles. The third-order valence-electron chi connectivity index (χ3n) is 5.89. The summed E-state index contributed by atoms with van der Waals surface area (Å²) < 4.78 is 5.86. The number of aryl methyl sites for hydroxylation is 1. The maximum atomic E-state index is 13.1. The Morgan fingerprint density at radius 3 is 3.00 bits per heavy atom. The van der Waals surface area contributed by atoms with Crippen LogP contribution in [-0.2, 0) is 22.4 Å². The minimum absolute atomic E-state index is 0.0949. The van der Waals surface area contributed by atoms with Crippen LogP contribution in [0.5, 0.6) is 0 Å². The lowest BCUT2D eigenvalue weighted by atomic mass is 9.90. The number of thioether (sulfide) groups is 1. The number of aromatic nitrogens is 2. The second-order valence-electron chi connectivity index (χ2n) is 8.45. The summed E-state index contributed by atoms with van der Waals surface area (Å²) in [7, 11) is 0. The van der Waals surface area contributed by atoms with Crippen molar-refractivity contribution in [1.82, 2.24) is 10.2 Å². The second-order valence-corrected chi connectivity index (χ2v) is 10.5. The topological polar surface area (TPSA) is 88.3 Å².